The molecule has 0 aliphatic rings. The maximum absolute atomic E-state index is 5.53. The van der Waals surface area contributed by atoms with Crippen LogP contribution < -0.4 is 0 Å². The van der Waals surface area contributed by atoms with Crippen LogP contribution in [0, 0.1) is 0 Å². The van der Waals surface area contributed by atoms with Crippen molar-refractivity contribution in [2.75, 3.05) is 57.3 Å². The Balaban J connectivity index is 0. The van der Waals surface area contributed by atoms with Crippen molar-refractivity contribution in [1.29, 1.82) is 0 Å². The van der Waals surface area contributed by atoms with Crippen LogP contribution in [-0.4, -0.2) is 74.9 Å². The Morgan fingerprint density at radius 2 is 0.852 bits per heavy atom. The highest BCUT2D eigenvalue weighted by atomic mass is 35.5. The molecule has 0 bridgehead atoms. The molecule has 0 fully saturated rings. The summed E-state index contributed by atoms with van der Waals surface area (Å²) in [5, 5.41) is 0. The standard InChI is InChI=1S/C8H15Cl3O3Si.C8H18O3Si/c1-2-15(12-6-3-9,13-7-4-10)14-8-5-11;1-5-9-12(8-4,10-6-2)11-7-3/h2H,1,3-8H2;8H,4-7H2,1-3H3. The Labute approximate surface area is 181 Å². The van der Waals surface area contributed by atoms with E-state index in [0.717, 1.165) is 0 Å². The van der Waals surface area contributed by atoms with Gasteiger partial charge in [0, 0.05) is 37.5 Å². The molecule has 0 saturated heterocycles. The fraction of sp³-hybridized carbons (Fsp3) is 0.750. The van der Waals surface area contributed by atoms with E-state index in [4.69, 9.17) is 61.4 Å². The Hall–Kier alpha value is 0.544. The summed E-state index contributed by atoms with van der Waals surface area (Å²) in [6, 6.07) is 0. The van der Waals surface area contributed by atoms with Crippen LogP contribution in [0.3, 0.4) is 0 Å². The lowest BCUT2D eigenvalue weighted by molar-refractivity contribution is 0.0841. The van der Waals surface area contributed by atoms with Gasteiger partial charge in [-0.2, -0.15) is 0 Å². The highest BCUT2D eigenvalue weighted by Gasteiger charge is 2.37. The molecule has 6 nitrogen and oxygen atoms in total. The van der Waals surface area contributed by atoms with E-state index >= 15 is 0 Å². The third-order valence-electron chi connectivity index (χ3n) is 2.68. The van der Waals surface area contributed by atoms with Gasteiger partial charge in [0.15, 0.2) is 0 Å². The minimum absolute atomic E-state index is 0.352. The first-order valence-corrected chi connectivity index (χ1v) is 14.0. The van der Waals surface area contributed by atoms with Crippen molar-refractivity contribution in [2.45, 2.75) is 20.8 Å². The molecule has 0 aliphatic heterocycles. The van der Waals surface area contributed by atoms with Gasteiger partial charge in [0.1, 0.15) is 0 Å². The van der Waals surface area contributed by atoms with Crippen molar-refractivity contribution < 1.29 is 26.6 Å². The fourth-order valence-corrected chi connectivity index (χ4v) is 5.94. The van der Waals surface area contributed by atoms with E-state index in [0.29, 0.717) is 57.3 Å². The second kappa shape index (κ2) is 19.8. The first-order valence-electron chi connectivity index (χ1n) is 8.77. The number of hydrogen-bond acceptors (Lipinski definition) is 6. The van der Waals surface area contributed by atoms with Crippen molar-refractivity contribution >= 4 is 52.4 Å². The molecule has 0 unspecified atom stereocenters. The quantitative estimate of drug-likeness (QED) is 0.228. The molecule has 0 heterocycles. The average Bonchev–Trinajstić information content (AvgIpc) is 2.69. The topological polar surface area (TPSA) is 55.4 Å². The van der Waals surface area contributed by atoms with Gasteiger partial charge in [-0.1, -0.05) is 13.2 Å². The molecule has 11 heteroatoms. The van der Waals surface area contributed by atoms with Crippen LogP contribution in [0.4, 0.5) is 0 Å². The summed E-state index contributed by atoms with van der Waals surface area (Å²) in [4.78, 5) is 0. The van der Waals surface area contributed by atoms with Crippen molar-refractivity contribution in [2.24, 2.45) is 0 Å². The molecule has 0 aliphatic carbocycles. The SMILES string of the molecule is C=C[Si](OCC)(OCC)OCC.C=C[Si](OCCCl)(OCCCl)OCCCl. The van der Waals surface area contributed by atoms with Gasteiger partial charge in [-0.3, -0.25) is 0 Å². The molecule has 162 valence electrons. The molecule has 0 saturated carbocycles. The molecule has 0 rings (SSSR count). The second-order valence-corrected chi connectivity index (χ2v) is 10.6. The van der Waals surface area contributed by atoms with E-state index in [1.165, 1.54) is 0 Å². The molecular weight excluding hydrogens is 451 g/mol. The van der Waals surface area contributed by atoms with E-state index in [1.807, 2.05) is 20.8 Å². The van der Waals surface area contributed by atoms with Gasteiger partial charge < -0.3 is 26.6 Å². The summed E-state index contributed by atoms with van der Waals surface area (Å²) in [5.74, 6) is 1.12. The largest absolute Gasteiger partial charge is 0.529 e. The number of hydrogen-bond donors (Lipinski definition) is 0. The maximum atomic E-state index is 5.53. The molecule has 0 spiro atoms. The van der Waals surface area contributed by atoms with Gasteiger partial charge in [0.2, 0.25) is 0 Å². The van der Waals surface area contributed by atoms with Crippen LogP contribution in [0.1, 0.15) is 20.8 Å². The first-order chi connectivity index (χ1) is 13.0. The van der Waals surface area contributed by atoms with Crippen LogP contribution in [-0.2, 0) is 26.6 Å². The second-order valence-electron chi connectivity index (χ2n) is 4.53. The smallest absolute Gasteiger partial charge is 0.371 e. The van der Waals surface area contributed by atoms with Crippen molar-refractivity contribution in [3.05, 3.63) is 24.6 Å². The van der Waals surface area contributed by atoms with Crippen molar-refractivity contribution in [3.63, 3.8) is 0 Å². The molecule has 0 aromatic heterocycles. The molecule has 27 heavy (non-hydrogen) atoms. The van der Waals surface area contributed by atoms with Gasteiger partial charge in [0.25, 0.3) is 0 Å². The van der Waals surface area contributed by atoms with Crippen molar-refractivity contribution in [1.82, 2.24) is 0 Å². The third-order valence-corrected chi connectivity index (χ3v) is 8.03. The first kappa shape index (κ1) is 29.7. The highest BCUT2D eigenvalue weighted by molar-refractivity contribution is 6.66. The lowest BCUT2D eigenvalue weighted by Crippen LogP contribution is -2.45. The molecule has 0 atom stereocenters. The lowest BCUT2D eigenvalue weighted by Gasteiger charge is -2.25. The third kappa shape index (κ3) is 14.2. The molecule has 0 aromatic rings. The molecular formula is C16H33Cl3O6Si2. The average molecular weight is 484 g/mol. The van der Waals surface area contributed by atoms with Gasteiger partial charge >= 0.3 is 17.6 Å². The molecule has 0 N–H and O–H groups in total. The number of alkyl halides is 3. The van der Waals surface area contributed by atoms with Crippen LogP contribution in [0.5, 0.6) is 0 Å². The van der Waals surface area contributed by atoms with Crippen LogP contribution in [0.2, 0.25) is 0 Å². The molecule has 0 aromatic carbocycles. The van der Waals surface area contributed by atoms with Crippen molar-refractivity contribution in [3.8, 4) is 0 Å². The summed E-state index contributed by atoms with van der Waals surface area (Å²) in [6.07, 6.45) is 0. The van der Waals surface area contributed by atoms with Gasteiger partial charge in [0.05, 0.1) is 19.8 Å². The summed E-state index contributed by atoms with van der Waals surface area (Å²) < 4.78 is 32.7. The summed E-state index contributed by atoms with van der Waals surface area (Å²) in [6.45, 7) is 15.9. The van der Waals surface area contributed by atoms with E-state index < -0.39 is 17.6 Å². The predicted molar refractivity (Wildman–Crippen MR) is 117 cm³/mol. The molecule has 0 amide bonds. The van der Waals surface area contributed by atoms with Crippen LogP contribution in [0.15, 0.2) is 24.6 Å². The number of halogens is 3. The van der Waals surface area contributed by atoms with Gasteiger partial charge in [-0.25, -0.2) is 0 Å². The monoisotopic (exact) mass is 482 g/mol. The van der Waals surface area contributed by atoms with E-state index in [-0.39, 0.29) is 0 Å². The minimum atomic E-state index is -2.82. The summed E-state index contributed by atoms with van der Waals surface area (Å²) in [5.41, 5.74) is 3.22. The zero-order chi connectivity index (χ0) is 21.0. The zero-order valence-corrected chi connectivity index (χ0v) is 20.8. The Bertz CT molecular complexity index is 328. The van der Waals surface area contributed by atoms with Gasteiger partial charge in [-0.15, -0.1) is 34.8 Å². The predicted octanol–water partition coefficient (Wildman–Crippen LogP) is 4.18. The Kier molecular flexibility index (Phi) is 21.9. The number of rotatable bonds is 17. The molecule has 0 radical (unpaired) electrons. The summed E-state index contributed by atoms with van der Waals surface area (Å²) >= 11 is 16.6. The van der Waals surface area contributed by atoms with Crippen LogP contribution >= 0.6 is 34.8 Å². The van der Waals surface area contributed by atoms with Gasteiger partial charge in [-0.05, 0) is 32.2 Å². The fourth-order valence-electron chi connectivity index (χ4n) is 1.75. The Morgan fingerprint density at radius 3 is 1.04 bits per heavy atom. The van der Waals surface area contributed by atoms with E-state index in [1.54, 1.807) is 11.4 Å². The highest BCUT2D eigenvalue weighted by Crippen LogP contribution is 2.12. The van der Waals surface area contributed by atoms with E-state index in [9.17, 15) is 0 Å². The minimum Gasteiger partial charge on any atom is -0.371 e. The van der Waals surface area contributed by atoms with E-state index in [2.05, 4.69) is 13.2 Å². The Morgan fingerprint density at radius 1 is 0.593 bits per heavy atom. The zero-order valence-electron chi connectivity index (χ0n) is 16.5. The maximum Gasteiger partial charge on any atom is 0.529 e. The summed E-state index contributed by atoms with van der Waals surface area (Å²) in [7, 11) is -5.33. The lowest BCUT2D eigenvalue weighted by atomic mass is 10.9. The normalized spacial score (nSPS) is 11.6. The van der Waals surface area contributed by atoms with Crippen LogP contribution in [0.25, 0.3) is 0 Å².